The quantitative estimate of drug-likeness (QED) is 0.828. The first-order valence-electron chi connectivity index (χ1n) is 8.18. The van der Waals surface area contributed by atoms with E-state index in [9.17, 15) is 13.2 Å². The second-order valence-electron chi connectivity index (χ2n) is 6.50. The topological polar surface area (TPSA) is 75.3 Å². The fourth-order valence-corrected chi connectivity index (χ4v) is 3.45. The van der Waals surface area contributed by atoms with Crippen molar-refractivity contribution in [3.05, 3.63) is 59.2 Å². The maximum Gasteiger partial charge on any atom is 0.261 e. The molecule has 6 heteroatoms. The van der Waals surface area contributed by atoms with Crippen molar-refractivity contribution in [1.29, 1.82) is 0 Å². The van der Waals surface area contributed by atoms with E-state index >= 15 is 0 Å². The van der Waals surface area contributed by atoms with Crippen LogP contribution in [0, 0.1) is 19.8 Å². The molecule has 0 bridgehead atoms. The lowest BCUT2D eigenvalue weighted by Crippen LogP contribution is -2.28. The molecule has 0 saturated heterocycles. The summed E-state index contributed by atoms with van der Waals surface area (Å²) in [4.78, 5) is 12.4. The Kier molecular flexibility index (Phi) is 5.85. The van der Waals surface area contributed by atoms with E-state index in [4.69, 9.17) is 0 Å². The second-order valence-corrected chi connectivity index (χ2v) is 8.18. The number of anilines is 1. The maximum atomic E-state index is 12.7. The monoisotopic (exact) mass is 360 g/mol. The molecule has 0 aliphatic carbocycles. The number of hydrogen-bond donors (Lipinski definition) is 2. The lowest BCUT2D eigenvalue weighted by Gasteiger charge is -2.13. The third-order valence-corrected chi connectivity index (χ3v) is 5.19. The Morgan fingerprint density at radius 1 is 1.04 bits per heavy atom. The highest BCUT2D eigenvalue weighted by atomic mass is 32.2. The van der Waals surface area contributed by atoms with E-state index in [0.717, 1.165) is 11.1 Å². The minimum Gasteiger partial charge on any atom is -0.352 e. The summed E-state index contributed by atoms with van der Waals surface area (Å²) < 4.78 is 27.9. The van der Waals surface area contributed by atoms with E-state index in [2.05, 4.69) is 10.0 Å². The maximum absolute atomic E-state index is 12.7. The van der Waals surface area contributed by atoms with E-state index in [1.165, 1.54) is 12.1 Å². The zero-order chi connectivity index (χ0) is 18.6. The summed E-state index contributed by atoms with van der Waals surface area (Å²) in [6.45, 7) is 8.16. The van der Waals surface area contributed by atoms with Gasteiger partial charge in [-0.25, -0.2) is 8.42 Å². The second kappa shape index (κ2) is 7.70. The first-order chi connectivity index (χ1) is 11.7. The molecule has 0 heterocycles. The van der Waals surface area contributed by atoms with Crippen LogP contribution in [-0.4, -0.2) is 20.9 Å². The number of rotatable bonds is 6. The van der Waals surface area contributed by atoms with Gasteiger partial charge in [-0.1, -0.05) is 38.1 Å². The molecule has 5 nitrogen and oxygen atoms in total. The zero-order valence-electron chi connectivity index (χ0n) is 15.0. The molecule has 2 rings (SSSR count). The number of carbonyl (C=O) groups excluding carboxylic acids is 1. The lowest BCUT2D eigenvalue weighted by atomic mass is 10.1. The number of benzene rings is 2. The normalized spacial score (nSPS) is 11.4. The van der Waals surface area contributed by atoms with Crippen molar-refractivity contribution < 1.29 is 13.2 Å². The summed E-state index contributed by atoms with van der Waals surface area (Å²) >= 11 is 0. The highest BCUT2D eigenvalue weighted by Crippen LogP contribution is 2.21. The number of sulfonamides is 1. The van der Waals surface area contributed by atoms with E-state index in [1.807, 2.05) is 32.9 Å². The molecule has 0 fully saturated rings. The van der Waals surface area contributed by atoms with Crippen LogP contribution in [0.1, 0.15) is 35.3 Å². The fraction of sp³-hybridized carbons (Fsp3) is 0.316. The Morgan fingerprint density at radius 2 is 1.72 bits per heavy atom. The lowest BCUT2D eigenvalue weighted by molar-refractivity contribution is 0.0948. The summed E-state index contributed by atoms with van der Waals surface area (Å²) in [5, 5.41) is 2.82. The molecule has 2 N–H and O–H groups in total. The number of para-hydroxylation sites is 1. The van der Waals surface area contributed by atoms with Crippen molar-refractivity contribution in [3.63, 3.8) is 0 Å². The Labute approximate surface area is 149 Å². The van der Waals surface area contributed by atoms with Gasteiger partial charge in [0, 0.05) is 12.1 Å². The molecule has 2 aromatic rings. The van der Waals surface area contributed by atoms with Crippen LogP contribution in [-0.2, 0) is 10.0 Å². The van der Waals surface area contributed by atoms with Crippen LogP contribution < -0.4 is 10.0 Å². The highest BCUT2D eigenvalue weighted by molar-refractivity contribution is 7.92. The zero-order valence-corrected chi connectivity index (χ0v) is 15.8. The third kappa shape index (κ3) is 4.82. The van der Waals surface area contributed by atoms with Gasteiger partial charge in [-0.05, 0) is 49.1 Å². The predicted molar refractivity (Wildman–Crippen MR) is 100 cm³/mol. The minimum absolute atomic E-state index is 0.0658. The van der Waals surface area contributed by atoms with Crippen molar-refractivity contribution in [3.8, 4) is 0 Å². The smallest absolute Gasteiger partial charge is 0.261 e. The molecule has 134 valence electrons. The minimum atomic E-state index is -3.77. The number of hydrogen-bond acceptors (Lipinski definition) is 3. The predicted octanol–water partition coefficient (Wildman–Crippen LogP) is 3.49. The van der Waals surface area contributed by atoms with Crippen LogP contribution in [0.2, 0.25) is 0 Å². The van der Waals surface area contributed by atoms with Crippen molar-refractivity contribution >= 4 is 21.6 Å². The van der Waals surface area contributed by atoms with E-state index in [0.29, 0.717) is 23.7 Å². The van der Waals surface area contributed by atoms with Crippen LogP contribution in [0.3, 0.4) is 0 Å². The van der Waals surface area contributed by atoms with Crippen LogP contribution >= 0.6 is 0 Å². The van der Waals surface area contributed by atoms with Gasteiger partial charge in [0.1, 0.15) is 0 Å². The van der Waals surface area contributed by atoms with Crippen molar-refractivity contribution in [2.24, 2.45) is 5.92 Å². The Hall–Kier alpha value is -2.34. The molecule has 1 amide bonds. The molecule has 25 heavy (non-hydrogen) atoms. The van der Waals surface area contributed by atoms with Crippen molar-refractivity contribution in [2.45, 2.75) is 32.6 Å². The van der Waals surface area contributed by atoms with Crippen LogP contribution in [0.5, 0.6) is 0 Å². The van der Waals surface area contributed by atoms with Crippen LogP contribution in [0.25, 0.3) is 0 Å². The van der Waals surface area contributed by atoms with Gasteiger partial charge < -0.3 is 5.32 Å². The molecule has 0 aliphatic rings. The van der Waals surface area contributed by atoms with Crippen LogP contribution in [0.4, 0.5) is 5.69 Å². The van der Waals surface area contributed by atoms with Gasteiger partial charge in [-0.15, -0.1) is 0 Å². The highest BCUT2D eigenvalue weighted by Gasteiger charge is 2.19. The molecule has 0 atom stereocenters. The summed E-state index contributed by atoms with van der Waals surface area (Å²) in [7, 11) is -3.77. The number of amides is 1. The first kappa shape index (κ1) is 19.0. The van der Waals surface area contributed by atoms with Gasteiger partial charge in [-0.3, -0.25) is 9.52 Å². The molecular weight excluding hydrogens is 336 g/mol. The number of nitrogens with one attached hydrogen (secondary N) is 2. The van der Waals surface area contributed by atoms with Gasteiger partial charge in [0.25, 0.3) is 15.9 Å². The molecule has 0 unspecified atom stereocenters. The summed E-state index contributed by atoms with van der Waals surface area (Å²) in [5.41, 5.74) is 2.45. The standard InChI is InChI=1S/C19H24N2O3S/c1-13(2)12-20-19(22)17-11-16(10-9-14(17)3)25(23,24)21-18-8-6-5-7-15(18)4/h5-11,13,21H,12H2,1-4H3,(H,20,22). The van der Waals surface area contributed by atoms with Gasteiger partial charge in [0.05, 0.1) is 10.6 Å². The van der Waals surface area contributed by atoms with Gasteiger partial charge in [-0.2, -0.15) is 0 Å². The van der Waals surface area contributed by atoms with Gasteiger partial charge >= 0.3 is 0 Å². The average Bonchev–Trinajstić information content (AvgIpc) is 2.54. The molecule has 0 saturated carbocycles. The van der Waals surface area contributed by atoms with Crippen LogP contribution in [0.15, 0.2) is 47.4 Å². The number of aryl methyl sites for hydroxylation is 2. The van der Waals surface area contributed by atoms with Gasteiger partial charge in [0.2, 0.25) is 0 Å². The Balaban J connectivity index is 2.31. The molecule has 2 aromatic carbocycles. The number of carbonyl (C=O) groups is 1. The van der Waals surface area contributed by atoms with E-state index in [-0.39, 0.29) is 10.8 Å². The van der Waals surface area contributed by atoms with E-state index < -0.39 is 10.0 Å². The molecule has 0 aromatic heterocycles. The van der Waals surface area contributed by atoms with E-state index in [1.54, 1.807) is 25.1 Å². The average molecular weight is 360 g/mol. The SMILES string of the molecule is Cc1ccccc1NS(=O)(=O)c1ccc(C)c(C(=O)NCC(C)C)c1. The largest absolute Gasteiger partial charge is 0.352 e. The summed E-state index contributed by atoms with van der Waals surface area (Å²) in [6.07, 6.45) is 0. The molecule has 0 radical (unpaired) electrons. The third-order valence-electron chi connectivity index (χ3n) is 3.82. The fourth-order valence-electron chi connectivity index (χ4n) is 2.30. The van der Waals surface area contributed by atoms with Gasteiger partial charge in [0.15, 0.2) is 0 Å². The summed E-state index contributed by atoms with van der Waals surface area (Å²) in [6, 6.07) is 11.7. The Bertz CT molecular complexity index is 874. The summed E-state index contributed by atoms with van der Waals surface area (Å²) in [5.74, 6) is 0.0537. The molecular formula is C19H24N2O3S. The Morgan fingerprint density at radius 3 is 2.36 bits per heavy atom. The van der Waals surface area contributed by atoms with Crippen molar-refractivity contribution in [1.82, 2.24) is 5.32 Å². The first-order valence-corrected chi connectivity index (χ1v) is 9.66. The molecule has 0 spiro atoms. The van der Waals surface area contributed by atoms with Crippen molar-refractivity contribution in [2.75, 3.05) is 11.3 Å². The molecule has 0 aliphatic heterocycles.